The number of β-amino-alcohol motifs (C(OH)–C–C–N with tert-alkyl or cyclic N) is 1. The molecular formula is C34H35N3O5. The van der Waals surface area contributed by atoms with Gasteiger partial charge in [-0.15, -0.1) is 0 Å². The first-order chi connectivity index (χ1) is 20.4. The number of amides is 2. The van der Waals surface area contributed by atoms with Gasteiger partial charge >= 0.3 is 0 Å². The maximum atomic E-state index is 14.2. The van der Waals surface area contributed by atoms with Crippen molar-refractivity contribution in [2.24, 2.45) is 11.8 Å². The van der Waals surface area contributed by atoms with Gasteiger partial charge in [0, 0.05) is 38.6 Å². The zero-order valence-electron chi connectivity index (χ0n) is 23.9. The van der Waals surface area contributed by atoms with Crippen molar-refractivity contribution in [1.82, 2.24) is 9.80 Å². The minimum absolute atomic E-state index is 0.0786. The Morgan fingerprint density at radius 2 is 1.48 bits per heavy atom. The van der Waals surface area contributed by atoms with Gasteiger partial charge in [-0.2, -0.15) is 0 Å². The molecule has 3 aliphatic carbocycles. The van der Waals surface area contributed by atoms with Crippen LogP contribution in [0.4, 0.5) is 5.69 Å². The van der Waals surface area contributed by atoms with E-state index in [2.05, 4.69) is 9.80 Å². The molecule has 8 heteroatoms. The Balaban J connectivity index is 1.12. The molecule has 2 fully saturated rings. The highest BCUT2D eigenvalue weighted by molar-refractivity contribution is 6.13. The molecule has 3 aromatic carbocycles. The van der Waals surface area contributed by atoms with E-state index in [1.807, 2.05) is 72.8 Å². The number of imide groups is 1. The van der Waals surface area contributed by atoms with Crippen LogP contribution in [0.15, 0.2) is 72.8 Å². The van der Waals surface area contributed by atoms with Crippen LogP contribution in [0.1, 0.15) is 35.1 Å². The van der Waals surface area contributed by atoms with Crippen LogP contribution in [0.25, 0.3) is 0 Å². The largest absolute Gasteiger partial charge is 0.495 e. The summed E-state index contributed by atoms with van der Waals surface area (Å²) in [5.74, 6) is -1.71. The normalized spacial score (nSPS) is 27.0. The number of Topliss-reactive ketones (excluding diaryl/α,β-unsaturated/α-hetero) is 1. The molecule has 5 aliphatic rings. The molecule has 0 spiro atoms. The minimum atomic E-state index is -1.21. The number of hydrogen-bond donors (Lipinski definition) is 1. The summed E-state index contributed by atoms with van der Waals surface area (Å²) in [6.07, 6.45) is -0.897. The Kier molecular flexibility index (Phi) is 6.44. The molecule has 2 bridgehead atoms. The molecule has 0 saturated carbocycles. The summed E-state index contributed by atoms with van der Waals surface area (Å²) in [5, 5.41) is 11.2. The number of rotatable bonds is 7. The summed E-state index contributed by atoms with van der Waals surface area (Å²) in [6.45, 7) is 4.84. The van der Waals surface area contributed by atoms with E-state index in [0.29, 0.717) is 6.54 Å². The summed E-state index contributed by atoms with van der Waals surface area (Å²) in [6, 6.07) is 23.5. The maximum Gasteiger partial charge on any atom is 0.234 e. The monoisotopic (exact) mass is 565 g/mol. The fourth-order valence-electron chi connectivity index (χ4n) is 8.24. The Morgan fingerprint density at radius 1 is 0.881 bits per heavy atom. The zero-order valence-corrected chi connectivity index (χ0v) is 23.9. The summed E-state index contributed by atoms with van der Waals surface area (Å²) >= 11 is 0. The van der Waals surface area contributed by atoms with Gasteiger partial charge in [0.1, 0.15) is 11.5 Å². The maximum absolute atomic E-state index is 14.2. The predicted molar refractivity (Wildman–Crippen MR) is 158 cm³/mol. The number of carbonyl (C=O) groups excluding carboxylic acids is 3. The number of ketones is 1. The van der Waals surface area contributed by atoms with Crippen molar-refractivity contribution in [1.29, 1.82) is 0 Å². The van der Waals surface area contributed by atoms with Crippen molar-refractivity contribution in [2.75, 3.05) is 51.3 Å². The second kappa shape index (κ2) is 10.1. The summed E-state index contributed by atoms with van der Waals surface area (Å²) in [5.41, 5.74) is 3.39. The second-order valence-electron chi connectivity index (χ2n) is 11.9. The third-order valence-corrected chi connectivity index (χ3v) is 9.93. The number of aliphatic hydroxyl groups is 1. The topological polar surface area (TPSA) is 90.4 Å². The number of methoxy groups -OCH3 is 1. The van der Waals surface area contributed by atoms with Gasteiger partial charge in [0.2, 0.25) is 11.8 Å². The van der Waals surface area contributed by atoms with E-state index in [0.717, 1.165) is 59.9 Å². The van der Waals surface area contributed by atoms with E-state index >= 15 is 0 Å². The number of anilines is 1. The number of carbonyl (C=O) groups is 3. The first-order valence-electron chi connectivity index (χ1n) is 14.7. The Bertz CT molecular complexity index is 1530. The average molecular weight is 566 g/mol. The lowest BCUT2D eigenvalue weighted by Gasteiger charge is -2.52. The van der Waals surface area contributed by atoms with Crippen molar-refractivity contribution in [3.8, 4) is 5.75 Å². The first kappa shape index (κ1) is 26.9. The molecule has 8 nitrogen and oxygen atoms in total. The van der Waals surface area contributed by atoms with Crippen molar-refractivity contribution in [3.63, 3.8) is 0 Å². The van der Waals surface area contributed by atoms with Crippen LogP contribution in [0.3, 0.4) is 0 Å². The van der Waals surface area contributed by atoms with Crippen LogP contribution in [0.2, 0.25) is 0 Å². The summed E-state index contributed by atoms with van der Waals surface area (Å²) in [4.78, 5) is 47.6. The highest BCUT2D eigenvalue weighted by Crippen LogP contribution is 2.64. The average Bonchev–Trinajstić information content (AvgIpc) is 3.26. The highest BCUT2D eigenvalue weighted by atomic mass is 16.5. The number of benzene rings is 3. The molecule has 2 amide bonds. The molecular weight excluding hydrogens is 530 g/mol. The molecule has 0 radical (unpaired) electrons. The molecule has 1 N–H and O–H groups in total. The lowest BCUT2D eigenvalue weighted by Crippen LogP contribution is -2.57. The quantitative estimate of drug-likeness (QED) is 0.441. The fraction of sp³-hybridized carbons (Fsp3) is 0.382. The van der Waals surface area contributed by atoms with Gasteiger partial charge < -0.3 is 14.7 Å². The Morgan fingerprint density at radius 3 is 2.10 bits per heavy atom. The van der Waals surface area contributed by atoms with Crippen LogP contribution in [-0.4, -0.2) is 85.0 Å². The highest BCUT2D eigenvalue weighted by Gasteiger charge is 2.69. The van der Waals surface area contributed by atoms with E-state index in [1.54, 1.807) is 7.11 Å². The van der Waals surface area contributed by atoms with Gasteiger partial charge in [0.15, 0.2) is 0 Å². The van der Waals surface area contributed by atoms with E-state index in [4.69, 9.17) is 4.74 Å². The first-order valence-corrected chi connectivity index (χ1v) is 14.7. The molecule has 8 rings (SSSR count). The number of ether oxygens (including phenoxy) is 1. The van der Waals surface area contributed by atoms with Crippen molar-refractivity contribution >= 4 is 23.3 Å². The predicted octanol–water partition coefficient (Wildman–Crippen LogP) is 2.81. The SMILES string of the molecule is COc1ccccc1N1CCN(CC(O)CN2C(=O)C3C4c5ccccc5C(C(C)=O)(c5ccccc54)C3C2=O)CC1. The van der Waals surface area contributed by atoms with E-state index < -0.39 is 23.4 Å². The van der Waals surface area contributed by atoms with Crippen LogP contribution >= 0.6 is 0 Å². The number of piperazine rings is 1. The smallest absolute Gasteiger partial charge is 0.234 e. The molecule has 42 heavy (non-hydrogen) atoms. The molecule has 3 atom stereocenters. The van der Waals surface area contributed by atoms with Gasteiger partial charge in [-0.05, 0) is 41.3 Å². The molecule has 3 unspecified atom stereocenters. The van der Waals surface area contributed by atoms with Crippen molar-refractivity contribution in [2.45, 2.75) is 24.4 Å². The summed E-state index contributed by atoms with van der Waals surface area (Å²) < 4.78 is 5.52. The molecule has 216 valence electrons. The zero-order chi connectivity index (χ0) is 29.2. The van der Waals surface area contributed by atoms with Crippen molar-refractivity contribution < 1.29 is 24.2 Å². The molecule has 2 aliphatic heterocycles. The Hall–Kier alpha value is -4.01. The fourth-order valence-corrected chi connectivity index (χ4v) is 8.24. The van der Waals surface area contributed by atoms with Gasteiger partial charge in [0.05, 0.1) is 42.7 Å². The van der Waals surface area contributed by atoms with E-state index in [-0.39, 0.29) is 30.1 Å². The van der Waals surface area contributed by atoms with Crippen LogP contribution < -0.4 is 9.64 Å². The van der Waals surface area contributed by atoms with E-state index in [1.165, 1.54) is 11.8 Å². The standard InChI is InChI=1S/C34H35N3O5/c1-21(38)34-25-11-5-3-9-23(25)29(24-10-4-6-12-26(24)34)30-31(34)33(41)37(32(30)40)20-22(39)19-35-15-17-36(18-16-35)27-13-7-8-14-28(27)42-2/h3-14,22,29-31,39H,15-20H2,1-2H3. The molecule has 3 aromatic rings. The van der Waals surface area contributed by atoms with Gasteiger partial charge in [-0.25, -0.2) is 0 Å². The van der Waals surface area contributed by atoms with Crippen molar-refractivity contribution in [3.05, 3.63) is 95.1 Å². The molecule has 2 saturated heterocycles. The van der Waals surface area contributed by atoms with Gasteiger partial charge in [-0.3, -0.25) is 24.2 Å². The third kappa shape index (κ3) is 3.71. The van der Waals surface area contributed by atoms with Gasteiger partial charge in [-0.1, -0.05) is 60.7 Å². The number of aliphatic hydroxyl groups excluding tert-OH is 1. The van der Waals surface area contributed by atoms with Crippen LogP contribution in [0, 0.1) is 11.8 Å². The lowest BCUT2D eigenvalue weighted by atomic mass is 9.46. The molecule has 0 aromatic heterocycles. The number of likely N-dealkylation sites (tertiary alicyclic amines) is 1. The van der Waals surface area contributed by atoms with Crippen LogP contribution in [-0.2, 0) is 19.8 Å². The van der Waals surface area contributed by atoms with Crippen LogP contribution in [0.5, 0.6) is 5.75 Å². The lowest BCUT2D eigenvalue weighted by molar-refractivity contribution is -0.143. The summed E-state index contributed by atoms with van der Waals surface area (Å²) in [7, 11) is 1.67. The molecule has 2 heterocycles. The second-order valence-corrected chi connectivity index (χ2v) is 11.9. The number of hydrogen-bond acceptors (Lipinski definition) is 7. The van der Waals surface area contributed by atoms with Gasteiger partial charge in [0.25, 0.3) is 0 Å². The number of nitrogens with zero attached hydrogens (tertiary/aromatic N) is 3. The number of para-hydroxylation sites is 2. The van der Waals surface area contributed by atoms with E-state index in [9.17, 15) is 19.5 Å². The minimum Gasteiger partial charge on any atom is -0.495 e. The third-order valence-electron chi connectivity index (χ3n) is 9.93. The Labute approximate surface area is 245 Å².